The Kier molecular flexibility index (Phi) is 5.17. The van der Waals surface area contributed by atoms with Gasteiger partial charge in [0.1, 0.15) is 17.9 Å². The van der Waals surface area contributed by atoms with Crippen LogP contribution in [0.1, 0.15) is 37.8 Å². The topological polar surface area (TPSA) is 47.0 Å². The number of aromatic nitrogens is 2. The second-order valence-corrected chi connectivity index (χ2v) is 6.02. The molecular formula is C16H20BrN3O. The van der Waals surface area contributed by atoms with E-state index in [1.54, 1.807) is 0 Å². The predicted molar refractivity (Wildman–Crippen MR) is 89.2 cm³/mol. The van der Waals surface area contributed by atoms with Crippen LogP contribution in [0.3, 0.4) is 0 Å². The molecule has 21 heavy (non-hydrogen) atoms. The summed E-state index contributed by atoms with van der Waals surface area (Å²) in [6, 6.07) is 5.98. The van der Waals surface area contributed by atoms with Crippen molar-refractivity contribution in [2.24, 2.45) is 0 Å². The van der Waals surface area contributed by atoms with Crippen LogP contribution in [-0.4, -0.2) is 16.5 Å². The Morgan fingerprint density at radius 1 is 1.29 bits per heavy atom. The molecule has 2 aromatic rings. The average Bonchev–Trinajstić information content (AvgIpc) is 2.42. The molecule has 0 fully saturated rings. The molecule has 4 nitrogen and oxygen atoms in total. The highest BCUT2D eigenvalue weighted by Gasteiger charge is 2.17. The number of halogens is 1. The van der Waals surface area contributed by atoms with Crippen LogP contribution in [0.5, 0.6) is 11.6 Å². The highest BCUT2D eigenvalue weighted by molar-refractivity contribution is 9.10. The number of aryl methyl sites for hydroxylation is 1. The van der Waals surface area contributed by atoms with Gasteiger partial charge in [-0.25, -0.2) is 9.97 Å². The number of hydrogen-bond acceptors (Lipinski definition) is 4. The van der Waals surface area contributed by atoms with Crippen LogP contribution in [0.2, 0.25) is 0 Å². The van der Waals surface area contributed by atoms with Crippen LogP contribution in [0.15, 0.2) is 29.0 Å². The van der Waals surface area contributed by atoms with Crippen LogP contribution in [0.4, 0.5) is 5.82 Å². The summed E-state index contributed by atoms with van der Waals surface area (Å²) in [6.45, 7) is 9.11. The molecule has 1 heterocycles. The highest BCUT2D eigenvalue weighted by atomic mass is 79.9. The van der Waals surface area contributed by atoms with Gasteiger partial charge in [-0.3, -0.25) is 0 Å². The molecule has 1 N–H and O–H groups in total. The van der Waals surface area contributed by atoms with Crippen LogP contribution in [0, 0.1) is 6.92 Å². The molecule has 0 unspecified atom stereocenters. The maximum absolute atomic E-state index is 6.01. The van der Waals surface area contributed by atoms with Crippen molar-refractivity contribution >= 4 is 21.7 Å². The molecule has 0 saturated carbocycles. The van der Waals surface area contributed by atoms with Gasteiger partial charge in [0.2, 0.25) is 5.88 Å². The summed E-state index contributed by atoms with van der Waals surface area (Å²) < 4.78 is 6.92. The Labute approximate surface area is 134 Å². The largest absolute Gasteiger partial charge is 0.437 e. The molecule has 0 atom stereocenters. The van der Waals surface area contributed by atoms with E-state index in [1.807, 2.05) is 32.0 Å². The van der Waals surface area contributed by atoms with Crippen molar-refractivity contribution in [3.05, 3.63) is 40.1 Å². The second kappa shape index (κ2) is 6.89. The van der Waals surface area contributed by atoms with Crippen LogP contribution in [0.25, 0.3) is 0 Å². The summed E-state index contributed by atoms with van der Waals surface area (Å²) in [5, 5.41) is 3.26. The molecular weight excluding hydrogens is 330 g/mol. The third-order valence-corrected chi connectivity index (χ3v) is 3.68. The van der Waals surface area contributed by atoms with E-state index in [0.717, 1.165) is 28.1 Å². The van der Waals surface area contributed by atoms with E-state index >= 15 is 0 Å². The fourth-order valence-electron chi connectivity index (χ4n) is 2.08. The number of nitrogens with one attached hydrogen (secondary N) is 1. The SMILES string of the molecule is CCNc1ncnc(Oc2ccc(C)cc2Br)c1C(C)C. The predicted octanol–water partition coefficient (Wildman–Crippen LogP) is 4.90. The lowest BCUT2D eigenvalue weighted by Crippen LogP contribution is -2.07. The molecule has 5 heteroatoms. The van der Waals surface area contributed by atoms with E-state index in [2.05, 4.69) is 45.1 Å². The molecule has 0 spiro atoms. The first-order valence-corrected chi connectivity index (χ1v) is 7.85. The molecule has 0 amide bonds. The van der Waals surface area contributed by atoms with Crippen LogP contribution >= 0.6 is 15.9 Å². The van der Waals surface area contributed by atoms with Gasteiger partial charge in [0.15, 0.2) is 0 Å². The Hall–Kier alpha value is -1.62. The third-order valence-electron chi connectivity index (χ3n) is 3.06. The molecule has 1 aromatic carbocycles. The summed E-state index contributed by atoms with van der Waals surface area (Å²) in [4.78, 5) is 8.62. The first-order valence-electron chi connectivity index (χ1n) is 7.05. The Morgan fingerprint density at radius 2 is 2.05 bits per heavy atom. The van der Waals surface area contributed by atoms with Gasteiger partial charge in [-0.1, -0.05) is 19.9 Å². The van der Waals surface area contributed by atoms with Crippen molar-refractivity contribution in [1.29, 1.82) is 0 Å². The van der Waals surface area contributed by atoms with E-state index in [0.29, 0.717) is 5.88 Å². The summed E-state index contributed by atoms with van der Waals surface area (Å²) in [5.41, 5.74) is 2.17. The summed E-state index contributed by atoms with van der Waals surface area (Å²) in [7, 11) is 0. The fraction of sp³-hybridized carbons (Fsp3) is 0.375. The smallest absolute Gasteiger partial charge is 0.227 e. The quantitative estimate of drug-likeness (QED) is 0.834. The molecule has 0 aliphatic rings. The van der Waals surface area contributed by atoms with E-state index in [9.17, 15) is 0 Å². The number of hydrogen-bond donors (Lipinski definition) is 1. The number of rotatable bonds is 5. The van der Waals surface area contributed by atoms with Crippen molar-refractivity contribution in [2.45, 2.75) is 33.6 Å². The first-order chi connectivity index (χ1) is 10.0. The van der Waals surface area contributed by atoms with Crippen molar-refractivity contribution in [2.75, 3.05) is 11.9 Å². The fourth-order valence-corrected chi connectivity index (χ4v) is 2.66. The van der Waals surface area contributed by atoms with Gasteiger partial charge >= 0.3 is 0 Å². The van der Waals surface area contributed by atoms with Gasteiger partial charge < -0.3 is 10.1 Å². The molecule has 0 saturated heterocycles. The van der Waals surface area contributed by atoms with Gasteiger partial charge in [0, 0.05) is 6.54 Å². The van der Waals surface area contributed by atoms with E-state index in [-0.39, 0.29) is 5.92 Å². The molecule has 0 aliphatic heterocycles. The second-order valence-electron chi connectivity index (χ2n) is 5.16. The Bertz CT molecular complexity index is 629. The lowest BCUT2D eigenvalue weighted by atomic mass is 10.1. The van der Waals surface area contributed by atoms with E-state index in [1.165, 1.54) is 11.9 Å². The van der Waals surface area contributed by atoms with Gasteiger partial charge in [0.05, 0.1) is 10.0 Å². The molecule has 0 aliphatic carbocycles. The molecule has 1 aromatic heterocycles. The molecule has 0 radical (unpaired) electrons. The molecule has 112 valence electrons. The van der Waals surface area contributed by atoms with E-state index in [4.69, 9.17) is 4.74 Å². The van der Waals surface area contributed by atoms with Crippen LogP contribution in [-0.2, 0) is 0 Å². The number of ether oxygens (including phenoxy) is 1. The number of benzene rings is 1. The first kappa shape index (κ1) is 15.8. The van der Waals surface area contributed by atoms with Gasteiger partial charge in [-0.15, -0.1) is 0 Å². The highest BCUT2D eigenvalue weighted by Crippen LogP contribution is 2.35. The normalized spacial score (nSPS) is 10.8. The zero-order valence-electron chi connectivity index (χ0n) is 12.8. The van der Waals surface area contributed by atoms with Crippen molar-refractivity contribution in [3.8, 4) is 11.6 Å². The lowest BCUT2D eigenvalue weighted by Gasteiger charge is -2.17. The third kappa shape index (κ3) is 3.73. The summed E-state index contributed by atoms with van der Waals surface area (Å²) >= 11 is 3.53. The lowest BCUT2D eigenvalue weighted by molar-refractivity contribution is 0.449. The zero-order chi connectivity index (χ0) is 15.4. The van der Waals surface area contributed by atoms with Crippen LogP contribution < -0.4 is 10.1 Å². The molecule has 0 bridgehead atoms. The van der Waals surface area contributed by atoms with Crippen molar-refractivity contribution in [1.82, 2.24) is 9.97 Å². The van der Waals surface area contributed by atoms with Gasteiger partial charge in [0.25, 0.3) is 0 Å². The average molecular weight is 350 g/mol. The van der Waals surface area contributed by atoms with Gasteiger partial charge in [-0.05, 0) is 53.4 Å². The Balaban J connectivity index is 2.41. The van der Waals surface area contributed by atoms with Gasteiger partial charge in [-0.2, -0.15) is 0 Å². The molecule has 2 rings (SSSR count). The monoisotopic (exact) mass is 349 g/mol. The minimum Gasteiger partial charge on any atom is -0.437 e. The minimum absolute atomic E-state index is 0.263. The maximum Gasteiger partial charge on any atom is 0.227 e. The zero-order valence-corrected chi connectivity index (χ0v) is 14.4. The van der Waals surface area contributed by atoms with E-state index < -0.39 is 0 Å². The summed E-state index contributed by atoms with van der Waals surface area (Å²) in [6.07, 6.45) is 1.53. The maximum atomic E-state index is 6.01. The van der Waals surface area contributed by atoms with Crippen molar-refractivity contribution in [3.63, 3.8) is 0 Å². The van der Waals surface area contributed by atoms with Crippen molar-refractivity contribution < 1.29 is 4.74 Å². The standard InChI is InChI=1S/C16H20BrN3O/c1-5-18-15-14(10(2)3)16(20-9-19-15)21-13-7-6-11(4)8-12(13)17/h6-10H,5H2,1-4H3,(H,18,19,20). The minimum atomic E-state index is 0.263. The Morgan fingerprint density at radius 3 is 2.67 bits per heavy atom. The number of nitrogens with zero attached hydrogens (tertiary/aromatic N) is 2. The summed E-state index contributed by atoms with van der Waals surface area (Å²) in [5.74, 6) is 2.45. The number of anilines is 1.